The van der Waals surface area contributed by atoms with E-state index >= 15 is 0 Å². The first-order valence-corrected chi connectivity index (χ1v) is 29.7. The molecule has 6 heteroatoms. The lowest BCUT2D eigenvalue weighted by atomic mass is 10.1. The van der Waals surface area contributed by atoms with Crippen LogP contribution in [0.25, 0.3) is 0 Å². The maximum Gasteiger partial charge on any atom is 0.306 e. The zero-order valence-corrected chi connectivity index (χ0v) is 47.1. The maximum atomic E-state index is 12.8. The van der Waals surface area contributed by atoms with Crippen molar-refractivity contribution in [3.63, 3.8) is 0 Å². The highest BCUT2D eigenvalue weighted by molar-refractivity contribution is 5.71. The second-order valence-corrected chi connectivity index (χ2v) is 19.1. The summed E-state index contributed by atoms with van der Waals surface area (Å²) in [7, 11) is 0. The highest BCUT2D eigenvalue weighted by Crippen LogP contribution is 2.14. The number of unbranched alkanes of at least 4 members (excludes halogenated alkanes) is 19. The summed E-state index contributed by atoms with van der Waals surface area (Å²) in [6.45, 7) is 6.35. The van der Waals surface area contributed by atoms with E-state index in [2.05, 4.69) is 154 Å². The number of esters is 3. The van der Waals surface area contributed by atoms with Crippen LogP contribution in [0.4, 0.5) is 0 Å². The van der Waals surface area contributed by atoms with Gasteiger partial charge in [0, 0.05) is 19.3 Å². The number of ether oxygens (including phenoxy) is 3. The fourth-order valence-corrected chi connectivity index (χ4v) is 7.77. The van der Waals surface area contributed by atoms with Crippen molar-refractivity contribution in [1.82, 2.24) is 0 Å². The summed E-state index contributed by atoms with van der Waals surface area (Å²) in [6.07, 6.45) is 84.7. The summed E-state index contributed by atoms with van der Waals surface area (Å²) >= 11 is 0. The Labute approximate surface area is 449 Å². The SMILES string of the molecule is CC/C=C\C/C=C\C/C=C\C/C=C\C/C=C\C/C=C\C/C=C\C/C=C\CCCCCCCCCCC(=O)OCC(COC(=O)CCCCCCCCCCC)OC(=O)CCCCC/C=C\C/C=C\C/C=C\CC. The molecule has 0 heterocycles. The van der Waals surface area contributed by atoms with E-state index in [0.717, 1.165) is 141 Å². The molecule has 1 atom stereocenters. The summed E-state index contributed by atoms with van der Waals surface area (Å²) in [5.74, 6) is -0.939. The normalized spacial score (nSPS) is 13.1. The van der Waals surface area contributed by atoms with Crippen LogP contribution in [0.5, 0.6) is 0 Å². The van der Waals surface area contributed by atoms with Gasteiger partial charge >= 0.3 is 17.9 Å². The summed E-state index contributed by atoms with van der Waals surface area (Å²) in [5, 5.41) is 0. The lowest BCUT2D eigenvalue weighted by Gasteiger charge is -2.18. The average molecular weight is 1010 g/mol. The molecule has 0 aliphatic heterocycles. The fourth-order valence-electron chi connectivity index (χ4n) is 7.77. The predicted octanol–water partition coefficient (Wildman–Crippen LogP) is 20.2. The van der Waals surface area contributed by atoms with Gasteiger partial charge < -0.3 is 14.2 Å². The molecule has 0 aliphatic rings. The van der Waals surface area contributed by atoms with Crippen molar-refractivity contribution in [2.45, 2.75) is 258 Å². The summed E-state index contributed by atoms with van der Waals surface area (Å²) in [4.78, 5) is 38.0. The lowest BCUT2D eigenvalue weighted by Crippen LogP contribution is -2.30. The van der Waals surface area contributed by atoms with Gasteiger partial charge in [0.25, 0.3) is 0 Å². The molecule has 412 valence electrons. The molecule has 0 fully saturated rings. The number of carbonyl (C=O) groups excluding carboxylic acids is 3. The third-order valence-corrected chi connectivity index (χ3v) is 12.2. The molecule has 0 radical (unpaired) electrons. The van der Waals surface area contributed by atoms with E-state index < -0.39 is 6.10 Å². The Morgan fingerprint density at radius 3 is 0.849 bits per heavy atom. The number of allylic oxidation sites excluding steroid dienone is 22. The van der Waals surface area contributed by atoms with Crippen LogP contribution in [0.15, 0.2) is 134 Å². The lowest BCUT2D eigenvalue weighted by molar-refractivity contribution is -0.167. The highest BCUT2D eigenvalue weighted by Gasteiger charge is 2.19. The van der Waals surface area contributed by atoms with Crippen molar-refractivity contribution in [2.24, 2.45) is 0 Å². The van der Waals surface area contributed by atoms with Crippen LogP contribution in [0.2, 0.25) is 0 Å². The molecular weight excluding hydrogens is 901 g/mol. The van der Waals surface area contributed by atoms with Gasteiger partial charge in [-0.15, -0.1) is 0 Å². The van der Waals surface area contributed by atoms with E-state index in [0.29, 0.717) is 12.8 Å². The van der Waals surface area contributed by atoms with Gasteiger partial charge in [-0.1, -0.05) is 251 Å². The highest BCUT2D eigenvalue weighted by atomic mass is 16.6. The van der Waals surface area contributed by atoms with Gasteiger partial charge in [-0.25, -0.2) is 0 Å². The van der Waals surface area contributed by atoms with E-state index in [1.807, 2.05) is 0 Å². The molecule has 0 aromatic carbocycles. The molecule has 1 unspecified atom stereocenters. The minimum Gasteiger partial charge on any atom is -0.462 e. The second kappa shape index (κ2) is 60.1. The Morgan fingerprint density at radius 2 is 0.534 bits per heavy atom. The van der Waals surface area contributed by atoms with Crippen molar-refractivity contribution in [2.75, 3.05) is 13.2 Å². The topological polar surface area (TPSA) is 78.9 Å². The second-order valence-electron chi connectivity index (χ2n) is 19.1. The van der Waals surface area contributed by atoms with Crippen molar-refractivity contribution >= 4 is 17.9 Å². The van der Waals surface area contributed by atoms with E-state index in [-0.39, 0.29) is 37.5 Å². The summed E-state index contributed by atoms with van der Waals surface area (Å²) < 4.78 is 16.8. The average Bonchev–Trinajstić information content (AvgIpc) is 3.39. The van der Waals surface area contributed by atoms with Gasteiger partial charge in [-0.05, 0) is 116 Å². The molecule has 0 rings (SSSR count). The van der Waals surface area contributed by atoms with Crippen molar-refractivity contribution in [3.05, 3.63) is 134 Å². The molecule has 0 saturated carbocycles. The molecule has 0 amide bonds. The Kier molecular flexibility index (Phi) is 56.4. The zero-order chi connectivity index (χ0) is 52.9. The van der Waals surface area contributed by atoms with Crippen LogP contribution in [0.3, 0.4) is 0 Å². The minimum absolute atomic E-state index is 0.0939. The first-order valence-electron chi connectivity index (χ1n) is 29.7. The van der Waals surface area contributed by atoms with Crippen LogP contribution >= 0.6 is 0 Å². The Balaban J connectivity index is 4.20. The minimum atomic E-state index is -0.797. The van der Waals surface area contributed by atoms with Gasteiger partial charge in [-0.3, -0.25) is 14.4 Å². The maximum absolute atomic E-state index is 12.8. The Hall–Kier alpha value is -4.45. The van der Waals surface area contributed by atoms with E-state index in [4.69, 9.17) is 14.2 Å². The molecule has 0 bridgehead atoms. The van der Waals surface area contributed by atoms with Gasteiger partial charge in [0.05, 0.1) is 0 Å². The largest absolute Gasteiger partial charge is 0.462 e. The molecule has 0 spiro atoms. The number of hydrogen-bond acceptors (Lipinski definition) is 6. The van der Waals surface area contributed by atoms with E-state index in [1.165, 1.54) is 70.6 Å². The zero-order valence-electron chi connectivity index (χ0n) is 47.1. The number of carbonyl (C=O) groups is 3. The van der Waals surface area contributed by atoms with Crippen molar-refractivity contribution in [3.8, 4) is 0 Å². The van der Waals surface area contributed by atoms with Crippen LogP contribution in [-0.4, -0.2) is 37.2 Å². The van der Waals surface area contributed by atoms with Crippen LogP contribution in [-0.2, 0) is 28.6 Å². The number of hydrogen-bond donors (Lipinski definition) is 0. The molecule has 0 aromatic rings. The monoisotopic (exact) mass is 1010 g/mol. The Bertz CT molecular complexity index is 1580. The summed E-state index contributed by atoms with van der Waals surface area (Å²) in [5.41, 5.74) is 0. The molecule has 0 saturated heterocycles. The van der Waals surface area contributed by atoms with Crippen LogP contribution < -0.4 is 0 Å². The number of rotatable bonds is 52. The van der Waals surface area contributed by atoms with E-state index in [1.54, 1.807) is 0 Å². The van der Waals surface area contributed by atoms with Crippen LogP contribution in [0, 0.1) is 0 Å². The van der Waals surface area contributed by atoms with Gasteiger partial charge in [-0.2, -0.15) is 0 Å². The Morgan fingerprint density at radius 1 is 0.288 bits per heavy atom. The third kappa shape index (κ3) is 58.3. The van der Waals surface area contributed by atoms with Gasteiger partial charge in [0.1, 0.15) is 13.2 Å². The molecular formula is C67H108O6. The first-order chi connectivity index (χ1) is 36.0. The molecule has 0 aliphatic carbocycles. The van der Waals surface area contributed by atoms with Crippen LogP contribution in [0.1, 0.15) is 252 Å². The molecule has 0 aromatic heterocycles. The van der Waals surface area contributed by atoms with Crippen molar-refractivity contribution in [1.29, 1.82) is 0 Å². The van der Waals surface area contributed by atoms with Gasteiger partial charge in [0.15, 0.2) is 6.10 Å². The molecule has 0 N–H and O–H groups in total. The standard InChI is InChI=1S/C67H108O6/c1-4-7-10-13-16-19-21-23-24-25-26-27-28-29-30-31-32-33-34-35-36-37-38-39-40-41-42-44-45-48-51-54-57-60-66(69)72-63-64(62-71-65(68)59-56-53-50-47-18-15-12-9-6-3)73-67(70)61-58-55-52-49-46-43-22-20-17-14-11-8-5-2/h7-8,10-11,16-17,19-20,23-24,26-27,29-30,32-33,35-36,38-39,43,46,64H,4-6,9,12-15,18,21-22,25,28,31,34,37,40-42,44-45,47-63H2,1-3H3/b10-7-,11-8-,19-16-,20-17-,24-23-,27-26-,30-29-,33-32-,36-35-,39-38-,46-43-. The van der Waals surface area contributed by atoms with Crippen molar-refractivity contribution < 1.29 is 28.6 Å². The van der Waals surface area contributed by atoms with Gasteiger partial charge in [0.2, 0.25) is 0 Å². The smallest absolute Gasteiger partial charge is 0.306 e. The predicted molar refractivity (Wildman–Crippen MR) is 316 cm³/mol. The summed E-state index contributed by atoms with van der Waals surface area (Å²) in [6, 6.07) is 0. The van der Waals surface area contributed by atoms with E-state index in [9.17, 15) is 14.4 Å². The third-order valence-electron chi connectivity index (χ3n) is 12.2. The quantitative estimate of drug-likeness (QED) is 0.0261. The molecule has 73 heavy (non-hydrogen) atoms. The molecule has 6 nitrogen and oxygen atoms in total. The first kappa shape index (κ1) is 68.6. The fraction of sp³-hybridized carbons (Fsp3) is 0.627.